The molecular formula is C29H38N4O2. The molecule has 2 aliphatic carbocycles. The lowest BCUT2D eigenvalue weighted by Gasteiger charge is -2.51. The Morgan fingerprint density at radius 3 is 2.20 bits per heavy atom. The second-order valence-electron chi connectivity index (χ2n) is 11.1. The Labute approximate surface area is 209 Å². The van der Waals surface area contributed by atoms with Gasteiger partial charge >= 0.3 is 6.03 Å². The van der Waals surface area contributed by atoms with Crippen LogP contribution in [0.5, 0.6) is 0 Å². The predicted molar refractivity (Wildman–Crippen MR) is 138 cm³/mol. The number of nitrogens with two attached hydrogens (primary N) is 1. The molecule has 3 amide bonds. The molecule has 2 aromatic rings. The summed E-state index contributed by atoms with van der Waals surface area (Å²) in [5.74, 6) is 0.213. The first-order valence-electron chi connectivity index (χ1n) is 13.0. The van der Waals surface area contributed by atoms with Gasteiger partial charge in [0.1, 0.15) is 0 Å². The van der Waals surface area contributed by atoms with Crippen molar-refractivity contribution in [3.63, 3.8) is 0 Å². The number of nitrogens with zero attached hydrogens (tertiary/aromatic N) is 3. The van der Waals surface area contributed by atoms with E-state index >= 15 is 0 Å². The molecule has 6 nitrogen and oxygen atoms in total. The zero-order valence-electron chi connectivity index (χ0n) is 21.1. The summed E-state index contributed by atoms with van der Waals surface area (Å²) >= 11 is 0. The number of hydrogen-bond donors (Lipinski definition) is 1. The van der Waals surface area contributed by atoms with Gasteiger partial charge in [-0.1, -0.05) is 48.9 Å². The van der Waals surface area contributed by atoms with Gasteiger partial charge in [-0.15, -0.1) is 0 Å². The number of benzene rings is 2. The van der Waals surface area contributed by atoms with E-state index in [0.29, 0.717) is 18.0 Å². The average Bonchev–Trinajstić information content (AvgIpc) is 3.07. The van der Waals surface area contributed by atoms with Crippen LogP contribution in [0.3, 0.4) is 0 Å². The molecule has 0 unspecified atom stereocenters. The highest BCUT2D eigenvalue weighted by molar-refractivity contribution is 5.92. The number of amides is 3. The molecule has 35 heavy (non-hydrogen) atoms. The van der Waals surface area contributed by atoms with E-state index in [1.807, 2.05) is 17.0 Å². The third-order valence-corrected chi connectivity index (χ3v) is 9.01. The number of carbonyl (C=O) groups excluding carboxylic acids is 2. The van der Waals surface area contributed by atoms with Crippen molar-refractivity contribution in [1.82, 2.24) is 14.7 Å². The maximum Gasteiger partial charge on any atom is 0.320 e. The van der Waals surface area contributed by atoms with Crippen molar-refractivity contribution in [3.8, 4) is 0 Å². The minimum absolute atomic E-state index is 0.00963. The molecular weight excluding hydrogens is 436 g/mol. The van der Waals surface area contributed by atoms with Gasteiger partial charge in [-0.05, 0) is 81.8 Å². The number of primary amides is 1. The lowest BCUT2D eigenvalue weighted by molar-refractivity contribution is 0.0159. The fraction of sp³-hybridized carbons (Fsp3) is 0.517. The lowest BCUT2D eigenvalue weighted by Crippen LogP contribution is -2.56. The van der Waals surface area contributed by atoms with Gasteiger partial charge in [0.2, 0.25) is 5.91 Å². The van der Waals surface area contributed by atoms with Gasteiger partial charge in [0, 0.05) is 30.7 Å². The predicted octanol–water partition coefficient (Wildman–Crippen LogP) is 4.59. The maximum atomic E-state index is 13.8. The van der Waals surface area contributed by atoms with Crippen LogP contribution in [0.1, 0.15) is 66.4 Å². The van der Waals surface area contributed by atoms with Crippen LogP contribution in [0.15, 0.2) is 54.6 Å². The summed E-state index contributed by atoms with van der Waals surface area (Å²) in [4.78, 5) is 31.9. The first-order chi connectivity index (χ1) is 16.8. The minimum Gasteiger partial charge on any atom is -0.366 e. The standard InChI is InChI=1S/C29H38N4O2/c1-31(2)29(25-9-4-3-5-10-25)17-15-28(16-18-29)21-32(27(35)33(28)20-22-7-6-8-22)19-23-11-13-24(14-12-23)26(30)34/h3-5,9-14,22H,6-8,15-21H2,1-2H3,(H2,30,34). The number of urea groups is 1. The minimum atomic E-state index is -0.426. The molecule has 3 aliphatic rings. The fourth-order valence-corrected chi connectivity index (χ4v) is 6.50. The monoisotopic (exact) mass is 474 g/mol. The van der Waals surface area contributed by atoms with Crippen molar-refractivity contribution in [3.05, 3.63) is 71.3 Å². The second kappa shape index (κ2) is 9.30. The lowest BCUT2D eigenvalue weighted by atomic mass is 9.68. The summed E-state index contributed by atoms with van der Waals surface area (Å²) in [6.45, 7) is 2.23. The van der Waals surface area contributed by atoms with Crippen molar-refractivity contribution in [2.45, 2.75) is 62.6 Å². The molecule has 1 saturated heterocycles. The zero-order valence-corrected chi connectivity index (χ0v) is 21.1. The van der Waals surface area contributed by atoms with E-state index < -0.39 is 5.91 Å². The molecule has 3 fully saturated rings. The Balaban J connectivity index is 1.38. The van der Waals surface area contributed by atoms with Crippen LogP contribution in [0.4, 0.5) is 4.79 Å². The van der Waals surface area contributed by atoms with E-state index in [0.717, 1.165) is 44.3 Å². The molecule has 0 atom stereocenters. The zero-order chi connectivity index (χ0) is 24.6. The highest BCUT2D eigenvalue weighted by Gasteiger charge is 2.54. The molecule has 2 N–H and O–H groups in total. The maximum absolute atomic E-state index is 13.8. The third kappa shape index (κ3) is 4.33. The molecule has 6 heteroatoms. The summed E-state index contributed by atoms with van der Waals surface area (Å²) in [6.07, 6.45) is 7.86. The number of hydrogen-bond acceptors (Lipinski definition) is 3. The van der Waals surface area contributed by atoms with Gasteiger partial charge in [-0.3, -0.25) is 9.69 Å². The van der Waals surface area contributed by atoms with Crippen LogP contribution in [0, 0.1) is 5.92 Å². The van der Waals surface area contributed by atoms with E-state index in [1.54, 1.807) is 12.1 Å². The molecule has 0 bridgehead atoms. The molecule has 2 aromatic carbocycles. The molecule has 1 aliphatic heterocycles. The van der Waals surface area contributed by atoms with Crippen LogP contribution in [-0.4, -0.2) is 59.4 Å². The Morgan fingerprint density at radius 2 is 1.66 bits per heavy atom. The molecule has 2 saturated carbocycles. The van der Waals surface area contributed by atoms with Crippen LogP contribution in [-0.2, 0) is 12.1 Å². The first kappa shape index (κ1) is 23.9. The summed E-state index contributed by atoms with van der Waals surface area (Å²) in [6, 6.07) is 18.4. The molecule has 0 radical (unpaired) electrons. The van der Waals surface area contributed by atoms with E-state index in [1.165, 1.54) is 24.8 Å². The van der Waals surface area contributed by atoms with Gasteiger partial charge < -0.3 is 15.5 Å². The molecule has 5 rings (SSSR count). The average molecular weight is 475 g/mol. The van der Waals surface area contributed by atoms with Gasteiger partial charge in [-0.2, -0.15) is 0 Å². The van der Waals surface area contributed by atoms with E-state index in [-0.39, 0.29) is 17.1 Å². The van der Waals surface area contributed by atoms with Crippen LogP contribution < -0.4 is 5.73 Å². The van der Waals surface area contributed by atoms with Crippen LogP contribution in [0.2, 0.25) is 0 Å². The normalized spacial score (nSPS) is 27.0. The first-order valence-corrected chi connectivity index (χ1v) is 13.0. The Hall–Kier alpha value is -2.86. The van der Waals surface area contributed by atoms with Crippen LogP contribution in [0.25, 0.3) is 0 Å². The number of carbonyl (C=O) groups is 2. The summed E-state index contributed by atoms with van der Waals surface area (Å²) in [5.41, 5.74) is 8.21. The van der Waals surface area contributed by atoms with Gasteiger partial charge in [-0.25, -0.2) is 4.79 Å². The summed E-state index contributed by atoms with van der Waals surface area (Å²) in [5, 5.41) is 0. The SMILES string of the molecule is CN(C)C1(c2ccccc2)CCC2(CC1)CN(Cc1ccc(C(N)=O)cc1)C(=O)N2CC1CCC1. The van der Waals surface area contributed by atoms with Crippen molar-refractivity contribution in [2.24, 2.45) is 11.7 Å². The van der Waals surface area contributed by atoms with E-state index in [2.05, 4.69) is 54.2 Å². The highest BCUT2D eigenvalue weighted by Crippen LogP contribution is 2.49. The fourth-order valence-electron chi connectivity index (χ4n) is 6.50. The van der Waals surface area contributed by atoms with E-state index in [4.69, 9.17) is 5.73 Å². The van der Waals surface area contributed by atoms with Crippen molar-refractivity contribution in [1.29, 1.82) is 0 Å². The Bertz CT molecular complexity index is 1050. The van der Waals surface area contributed by atoms with Gasteiger partial charge in [0.15, 0.2) is 0 Å². The number of rotatable bonds is 7. The smallest absolute Gasteiger partial charge is 0.320 e. The summed E-state index contributed by atoms with van der Waals surface area (Å²) in [7, 11) is 4.39. The van der Waals surface area contributed by atoms with Gasteiger partial charge in [0.25, 0.3) is 0 Å². The Kier molecular flexibility index (Phi) is 6.34. The van der Waals surface area contributed by atoms with Crippen molar-refractivity contribution >= 4 is 11.9 Å². The largest absolute Gasteiger partial charge is 0.366 e. The second-order valence-corrected chi connectivity index (χ2v) is 11.1. The van der Waals surface area contributed by atoms with E-state index in [9.17, 15) is 9.59 Å². The molecule has 1 heterocycles. The Morgan fingerprint density at radius 1 is 1.00 bits per heavy atom. The third-order valence-electron chi connectivity index (χ3n) is 9.01. The molecule has 0 aromatic heterocycles. The molecule has 186 valence electrons. The van der Waals surface area contributed by atoms with Crippen molar-refractivity contribution in [2.75, 3.05) is 27.2 Å². The highest BCUT2D eigenvalue weighted by atomic mass is 16.2. The topological polar surface area (TPSA) is 69.9 Å². The van der Waals surface area contributed by atoms with Gasteiger partial charge in [0.05, 0.1) is 5.54 Å². The van der Waals surface area contributed by atoms with Crippen LogP contribution >= 0.6 is 0 Å². The summed E-state index contributed by atoms with van der Waals surface area (Å²) < 4.78 is 0. The quantitative estimate of drug-likeness (QED) is 0.638. The molecule has 1 spiro atoms. The van der Waals surface area contributed by atoms with Crippen molar-refractivity contribution < 1.29 is 9.59 Å².